The summed E-state index contributed by atoms with van der Waals surface area (Å²) in [6, 6.07) is 3.63. The van der Waals surface area contributed by atoms with Crippen molar-refractivity contribution < 1.29 is 52.3 Å². The minimum absolute atomic E-state index is 0.0732. The molecule has 0 fully saturated rings. The topological polar surface area (TPSA) is 145 Å². The van der Waals surface area contributed by atoms with Gasteiger partial charge in [0.25, 0.3) is 0 Å². The molecule has 12 nitrogen and oxygen atoms in total. The monoisotopic (exact) mass is 611 g/mol. The van der Waals surface area contributed by atoms with Crippen molar-refractivity contribution in [2.24, 2.45) is 16.7 Å². The second-order valence-electron chi connectivity index (χ2n) is 13.1. The second-order valence-corrected chi connectivity index (χ2v) is 13.1. The van der Waals surface area contributed by atoms with Crippen LogP contribution >= 0.6 is 0 Å². The summed E-state index contributed by atoms with van der Waals surface area (Å²) in [5.74, 6) is -0.356. The van der Waals surface area contributed by atoms with Gasteiger partial charge in [-0.15, -0.1) is 0 Å². The summed E-state index contributed by atoms with van der Waals surface area (Å²) in [6.45, 7) is 17.6. The summed E-state index contributed by atoms with van der Waals surface area (Å²) in [7, 11) is 1.25. The average Bonchev–Trinajstić information content (AvgIpc) is 2.88. The Morgan fingerprint density at radius 3 is 1.86 bits per heavy atom. The Kier molecular flexibility index (Phi) is 15.3. The minimum atomic E-state index is -0.992. The summed E-state index contributed by atoms with van der Waals surface area (Å²) >= 11 is 0. The van der Waals surface area contributed by atoms with E-state index in [0.717, 1.165) is 0 Å². The molecule has 0 saturated heterocycles. The molecule has 0 saturated carbocycles. The highest BCUT2D eigenvalue weighted by atomic mass is 16.7. The van der Waals surface area contributed by atoms with Gasteiger partial charge in [0.1, 0.15) is 12.1 Å². The van der Waals surface area contributed by atoms with Crippen LogP contribution in [0.5, 0.6) is 11.5 Å². The first kappa shape index (κ1) is 37.5. The molecule has 43 heavy (non-hydrogen) atoms. The molecule has 0 amide bonds. The molecule has 244 valence electrons. The van der Waals surface area contributed by atoms with Crippen LogP contribution in [0.2, 0.25) is 0 Å². The molecule has 0 aliphatic heterocycles. The smallest absolute Gasteiger partial charge is 0.468 e. The van der Waals surface area contributed by atoms with E-state index in [1.165, 1.54) is 19.2 Å². The van der Waals surface area contributed by atoms with Gasteiger partial charge in [-0.05, 0) is 54.2 Å². The molecular weight excluding hydrogens is 562 g/mol. The molecule has 12 heteroatoms. The van der Waals surface area contributed by atoms with Crippen molar-refractivity contribution in [3.8, 4) is 11.5 Å². The van der Waals surface area contributed by atoms with Crippen molar-refractivity contribution in [2.45, 2.75) is 87.3 Å². The molecule has 0 radical (unpaired) electrons. The van der Waals surface area contributed by atoms with Crippen molar-refractivity contribution in [1.82, 2.24) is 5.32 Å². The minimum Gasteiger partial charge on any atom is -0.468 e. The third-order valence-corrected chi connectivity index (χ3v) is 5.43. The lowest BCUT2D eigenvalue weighted by atomic mass is 9.99. The van der Waals surface area contributed by atoms with Gasteiger partial charge in [0, 0.05) is 6.54 Å². The standard InChI is InChI=1S/C31H49NO11/c1-20(2)13-14-38-27(34)41-21(3)17-32-23(26(33)37-10)15-22-11-12-24(42-28(35)39-18-30(4,5)6)25(16-22)43-29(36)40-19-31(7,8)9/h11-12,16,20-21,23,32H,13-15,17-19H2,1-10H3/t21?,23-/m0/s1. The highest BCUT2D eigenvalue weighted by Gasteiger charge is 2.24. The van der Waals surface area contributed by atoms with Gasteiger partial charge in [-0.2, -0.15) is 0 Å². The summed E-state index contributed by atoms with van der Waals surface area (Å²) in [4.78, 5) is 49.3. The van der Waals surface area contributed by atoms with Crippen molar-refractivity contribution in [3.05, 3.63) is 23.8 Å². The number of carbonyl (C=O) groups is 4. The lowest BCUT2D eigenvalue weighted by Crippen LogP contribution is -2.43. The maximum atomic E-state index is 12.6. The Bertz CT molecular complexity index is 1060. The summed E-state index contributed by atoms with van der Waals surface area (Å²) in [5, 5.41) is 3.03. The number of hydrogen-bond donors (Lipinski definition) is 1. The summed E-state index contributed by atoms with van der Waals surface area (Å²) in [6.07, 6.45) is -2.55. The van der Waals surface area contributed by atoms with Gasteiger partial charge in [0.15, 0.2) is 11.5 Å². The molecule has 0 aromatic heterocycles. The summed E-state index contributed by atoms with van der Waals surface area (Å²) in [5.41, 5.74) is -0.0494. The molecule has 0 bridgehead atoms. The van der Waals surface area contributed by atoms with Crippen molar-refractivity contribution in [2.75, 3.05) is 33.5 Å². The second kappa shape index (κ2) is 17.5. The van der Waals surface area contributed by atoms with Crippen LogP contribution in [0.1, 0.15) is 74.3 Å². The maximum absolute atomic E-state index is 12.6. The number of carbonyl (C=O) groups excluding carboxylic acids is 4. The molecule has 1 aromatic carbocycles. The highest BCUT2D eigenvalue weighted by Crippen LogP contribution is 2.30. The fourth-order valence-corrected chi connectivity index (χ4v) is 3.18. The van der Waals surface area contributed by atoms with Crippen LogP contribution in [0.25, 0.3) is 0 Å². The molecule has 1 unspecified atom stereocenters. The predicted octanol–water partition coefficient (Wildman–Crippen LogP) is 6.07. The van der Waals surface area contributed by atoms with Crippen LogP contribution < -0.4 is 14.8 Å². The van der Waals surface area contributed by atoms with Crippen LogP contribution in [0.15, 0.2) is 18.2 Å². The first-order chi connectivity index (χ1) is 19.9. The van der Waals surface area contributed by atoms with E-state index in [2.05, 4.69) is 5.32 Å². The van der Waals surface area contributed by atoms with Gasteiger partial charge in [0.05, 0.1) is 26.9 Å². The number of nitrogens with one attached hydrogen (secondary N) is 1. The van der Waals surface area contributed by atoms with Crippen LogP contribution in [0.3, 0.4) is 0 Å². The number of hydrogen-bond acceptors (Lipinski definition) is 12. The molecule has 1 aromatic rings. The first-order valence-corrected chi connectivity index (χ1v) is 14.3. The van der Waals surface area contributed by atoms with E-state index in [1.54, 1.807) is 13.0 Å². The molecule has 1 rings (SSSR count). The maximum Gasteiger partial charge on any atom is 0.513 e. The van der Waals surface area contributed by atoms with E-state index >= 15 is 0 Å². The fraction of sp³-hybridized carbons (Fsp3) is 0.677. The molecule has 0 spiro atoms. The van der Waals surface area contributed by atoms with Gasteiger partial charge < -0.3 is 38.5 Å². The Morgan fingerprint density at radius 1 is 0.791 bits per heavy atom. The zero-order valence-corrected chi connectivity index (χ0v) is 27.2. The number of ether oxygens (including phenoxy) is 7. The van der Waals surface area contributed by atoms with Crippen molar-refractivity contribution >= 4 is 24.4 Å². The number of benzene rings is 1. The molecule has 2 atom stereocenters. The number of methoxy groups -OCH3 is 1. The van der Waals surface area contributed by atoms with Crippen LogP contribution in [-0.2, 0) is 34.9 Å². The Morgan fingerprint density at radius 2 is 1.35 bits per heavy atom. The van der Waals surface area contributed by atoms with Crippen LogP contribution in [0, 0.1) is 16.7 Å². The van der Waals surface area contributed by atoms with Crippen molar-refractivity contribution in [1.29, 1.82) is 0 Å². The normalized spacial score (nSPS) is 13.0. The van der Waals surface area contributed by atoms with Crippen molar-refractivity contribution in [3.63, 3.8) is 0 Å². The first-order valence-electron chi connectivity index (χ1n) is 14.3. The molecule has 0 aliphatic rings. The van der Waals surface area contributed by atoms with Crippen LogP contribution in [0.4, 0.5) is 14.4 Å². The van der Waals surface area contributed by atoms with Gasteiger partial charge in [-0.25, -0.2) is 14.4 Å². The van der Waals surface area contributed by atoms with Gasteiger partial charge in [-0.3, -0.25) is 4.79 Å². The highest BCUT2D eigenvalue weighted by molar-refractivity contribution is 5.76. The van der Waals surface area contributed by atoms with E-state index in [-0.39, 0.29) is 55.1 Å². The van der Waals surface area contributed by atoms with Gasteiger partial charge in [0.2, 0.25) is 0 Å². The molecule has 1 N–H and O–H groups in total. The van der Waals surface area contributed by atoms with E-state index in [1.807, 2.05) is 55.4 Å². The lowest BCUT2D eigenvalue weighted by molar-refractivity contribution is -0.143. The van der Waals surface area contributed by atoms with E-state index < -0.39 is 36.6 Å². The molecular formula is C31H49NO11. The van der Waals surface area contributed by atoms with Crippen LogP contribution in [-0.4, -0.2) is 70.1 Å². The quantitative estimate of drug-likeness (QED) is 0.148. The van der Waals surface area contributed by atoms with E-state index in [4.69, 9.17) is 33.2 Å². The zero-order valence-electron chi connectivity index (χ0n) is 27.2. The third-order valence-electron chi connectivity index (χ3n) is 5.43. The zero-order chi connectivity index (χ0) is 32.8. The Labute approximate surface area is 255 Å². The van der Waals surface area contributed by atoms with E-state index in [9.17, 15) is 19.2 Å². The average molecular weight is 612 g/mol. The fourth-order valence-electron chi connectivity index (χ4n) is 3.18. The summed E-state index contributed by atoms with van der Waals surface area (Å²) < 4.78 is 36.3. The number of rotatable bonds is 14. The van der Waals surface area contributed by atoms with Gasteiger partial charge in [-0.1, -0.05) is 61.5 Å². The molecule has 0 heterocycles. The van der Waals surface area contributed by atoms with E-state index in [0.29, 0.717) is 17.9 Å². The predicted molar refractivity (Wildman–Crippen MR) is 158 cm³/mol. The largest absolute Gasteiger partial charge is 0.513 e. The SMILES string of the molecule is COC(=O)[C@H](Cc1ccc(OC(=O)OCC(C)(C)C)c(OC(=O)OCC(C)(C)C)c1)NCC(C)OC(=O)OCCC(C)C. The third kappa shape index (κ3) is 17.2. The molecule has 0 aliphatic carbocycles. The Balaban J connectivity index is 3.03. The number of esters is 1. The van der Waals surface area contributed by atoms with Gasteiger partial charge >= 0.3 is 24.4 Å². The lowest BCUT2D eigenvalue weighted by Gasteiger charge is -2.21. The Hall–Kier alpha value is -3.54.